The van der Waals surface area contributed by atoms with Crippen molar-refractivity contribution in [1.82, 2.24) is 14.5 Å². The van der Waals surface area contributed by atoms with Crippen LogP contribution in [0.3, 0.4) is 0 Å². The number of nitrogens with zero attached hydrogens (tertiary/aromatic N) is 3. The molecule has 3 heterocycles. The molecule has 0 spiro atoms. The van der Waals surface area contributed by atoms with Crippen LogP contribution in [0, 0.1) is 6.92 Å². The second kappa shape index (κ2) is 7.62. The molecule has 1 amide bonds. The summed E-state index contributed by atoms with van der Waals surface area (Å²) in [4.78, 5) is 34.7. The van der Waals surface area contributed by atoms with Gasteiger partial charge in [0.05, 0.1) is 37.9 Å². The van der Waals surface area contributed by atoms with Gasteiger partial charge in [-0.15, -0.1) is 11.3 Å². The summed E-state index contributed by atoms with van der Waals surface area (Å²) >= 11 is 1.50. The predicted molar refractivity (Wildman–Crippen MR) is 106 cm³/mol. The smallest absolute Gasteiger partial charge is 0.262 e. The lowest BCUT2D eigenvalue weighted by molar-refractivity contribution is -0.917. The number of aryl methyl sites for hydroxylation is 1. The highest BCUT2D eigenvalue weighted by atomic mass is 32.1. The number of amides is 1. The van der Waals surface area contributed by atoms with E-state index in [1.165, 1.54) is 32.7 Å². The van der Waals surface area contributed by atoms with Crippen LogP contribution in [0.4, 0.5) is 0 Å². The van der Waals surface area contributed by atoms with E-state index in [2.05, 4.69) is 29.2 Å². The average molecular weight is 383 g/mol. The number of hydrogen-bond donors (Lipinski definition) is 1. The van der Waals surface area contributed by atoms with Crippen molar-refractivity contribution in [2.45, 2.75) is 20.0 Å². The van der Waals surface area contributed by atoms with Crippen LogP contribution in [0.25, 0.3) is 10.2 Å². The van der Waals surface area contributed by atoms with Crippen molar-refractivity contribution >= 4 is 27.5 Å². The summed E-state index contributed by atoms with van der Waals surface area (Å²) in [5.74, 6) is -0.0102. The summed E-state index contributed by atoms with van der Waals surface area (Å²) in [6.07, 6.45) is 1.50. The van der Waals surface area contributed by atoms with Gasteiger partial charge in [0.2, 0.25) is 5.91 Å². The lowest BCUT2D eigenvalue weighted by atomic mass is 10.2. The van der Waals surface area contributed by atoms with Crippen molar-refractivity contribution in [3.63, 3.8) is 0 Å². The van der Waals surface area contributed by atoms with Crippen LogP contribution in [0.5, 0.6) is 0 Å². The molecular weight excluding hydrogens is 360 g/mol. The van der Waals surface area contributed by atoms with Gasteiger partial charge in [0.25, 0.3) is 5.56 Å². The quantitative estimate of drug-likeness (QED) is 0.721. The van der Waals surface area contributed by atoms with Gasteiger partial charge in [-0.25, -0.2) is 4.98 Å². The van der Waals surface area contributed by atoms with Crippen molar-refractivity contribution in [2.24, 2.45) is 0 Å². The molecule has 7 heteroatoms. The van der Waals surface area contributed by atoms with Gasteiger partial charge in [0.1, 0.15) is 17.9 Å². The summed E-state index contributed by atoms with van der Waals surface area (Å²) in [5, 5.41) is 0.602. The van der Waals surface area contributed by atoms with Crippen LogP contribution in [0.15, 0.2) is 47.5 Å². The number of fused-ring (bicyclic) bond motifs is 1. The van der Waals surface area contributed by atoms with E-state index in [4.69, 9.17) is 0 Å². The Morgan fingerprint density at radius 1 is 1.22 bits per heavy atom. The predicted octanol–water partition coefficient (Wildman–Crippen LogP) is 0.694. The molecule has 1 fully saturated rings. The molecule has 0 bridgehead atoms. The second-order valence-corrected chi connectivity index (χ2v) is 8.28. The third-order valence-electron chi connectivity index (χ3n) is 5.07. The lowest BCUT2D eigenvalue weighted by Crippen LogP contribution is -3.13. The molecule has 3 aromatic rings. The number of rotatable bonds is 4. The lowest BCUT2D eigenvalue weighted by Gasteiger charge is -2.32. The molecule has 0 aliphatic carbocycles. The molecule has 1 aromatic carbocycles. The summed E-state index contributed by atoms with van der Waals surface area (Å²) in [5.41, 5.74) is 1.19. The van der Waals surface area contributed by atoms with Crippen molar-refractivity contribution in [3.05, 3.63) is 63.5 Å². The van der Waals surface area contributed by atoms with Crippen LogP contribution in [-0.2, 0) is 17.9 Å². The fraction of sp³-hybridized carbons (Fsp3) is 0.350. The minimum Gasteiger partial charge on any atom is -0.330 e. The minimum atomic E-state index is -0.133. The maximum absolute atomic E-state index is 12.7. The number of carbonyl (C=O) groups excluding carboxylic acids is 1. The molecule has 1 saturated heterocycles. The first-order valence-corrected chi connectivity index (χ1v) is 10.0. The van der Waals surface area contributed by atoms with Crippen LogP contribution in [-0.4, -0.2) is 46.5 Å². The van der Waals surface area contributed by atoms with Gasteiger partial charge < -0.3 is 9.80 Å². The fourth-order valence-electron chi connectivity index (χ4n) is 3.57. The zero-order valence-corrected chi connectivity index (χ0v) is 16.2. The molecule has 1 aliphatic rings. The highest BCUT2D eigenvalue weighted by Crippen LogP contribution is 2.19. The van der Waals surface area contributed by atoms with Crippen LogP contribution >= 0.6 is 11.3 Å². The molecular formula is C20H23N4O2S+. The van der Waals surface area contributed by atoms with E-state index < -0.39 is 0 Å². The molecule has 0 radical (unpaired) electrons. The largest absolute Gasteiger partial charge is 0.330 e. The summed E-state index contributed by atoms with van der Waals surface area (Å²) < 4.78 is 1.43. The Kier molecular flexibility index (Phi) is 5.05. The number of quaternary nitrogens is 1. The number of carbonyl (C=O) groups is 1. The van der Waals surface area contributed by atoms with Crippen LogP contribution < -0.4 is 10.5 Å². The number of aromatic nitrogens is 2. The van der Waals surface area contributed by atoms with Crippen molar-refractivity contribution in [1.29, 1.82) is 0 Å². The summed E-state index contributed by atoms with van der Waals surface area (Å²) in [6.45, 7) is 6.31. The monoisotopic (exact) mass is 383 g/mol. The first kappa shape index (κ1) is 17.9. The number of benzene rings is 1. The van der Waals surface area contributed by atoms with Crippen molar-refractivity contribution in [2.75, 3.05) is 26.2 Å². The normalized spacial score (nSPS) is 15.4. The van der Waals surface area contributed by atoms with Crippen LogP contribution in [0.2, 0.25) is 0 Å². The molecule has 4 rings (SSSR count). The second-order valence-electron chi connectivity index (χ2n) is 7.05. The highest BCUT2D eigenvalue weighted by Gasteiger charge is 2.24. The Labute approximate surface area is 161 Å². The van der Waals surface area contributed by atoms with Crippen LogP contribution in [0.1, 0.15) is 10.4 Å². The molecule has 0 unspecified atom stereocenters. The van der Waals surface area contributed by atoms with E-state index in [9.17, 15) is 9.59 Å². The Bertz CT molecular complexity index is 1000. The minimum absolute atomic E-state index is 0.0102. The molecule has 0 atom stereocenters. The van der Waals surface area contributed by atoms with Gasteiger partial charge in [-0.05, 0) is 13.0 Å². The Hall–Kier alpha value is -2.51. The average Bonchev–Trinajstić information content (AvgIpc) is 3.07. The number of piperazine rings is 1. The van der Waals surface area contributed by atoms with Gasteiger partial charge >= 0.3 is 0 Å². The maximum atomic E-state index is 12.7. The highest BCUT2D eigenvalue weighted by molar-refractivity contribution is 7.18. The van der Waals surface area contributed by atoms with Crippen molar-refractivity contribution in [3.8, 4) is 0 Å². The Morgan fingerprint density at radius 2 is 1.96 bits per heavy atom. The fourth-order valence-corrected chi connectivity index (χ4v) is 4.41. The SMILES string of the molecule is Cc1cc2c(=O)n(CC(=O)N3CC[NH+](Cc4ccccc4)CC3)cnc2s1. The zero-order chi connectivity index (χ0) is 18.8. The van der Waals surface area contributed by atoms with E-state index in [0.29, 0.717) is 5.39 Å². The van der Waals surface area contributed by atoms with Gasteiger partial charge in [-0.1, -0.05) is 30.3 Å². The molecule has 0 saturated carbocycles. The third kappa shape index (κ3) is 3.94. The van der Waals surface area contributed by atoms with E-state index in [1.807, 2.05) is 24.0 Å². The van der Waals surface area contributed by atoms with E-state index in [1.54, 1.807) is 0 Å². The first-order chi connectivity index (χ1) is 13.1. The molecule has 2 aromatic heterocycles. The van der Waals surface area contributed by atoms with Gasteiger partial charge in [0, 0.05) is 10.4 Å². The van der Waals surface area contributed by atoms with Gasteiger partial charge in [-0.2, -0.15) is 0 Å². The van der Waals surface area contributed by atoms with E-state index in [0.717, 1.165) is 42.4 Å². The topological polar surface area (TPSA) is 59.6 Å². The number of thiophene rings is 1. The summed E-state index contributed by atoms with van der Waals surface area (Å²) in [7, 11) is 0. The molecule has 6 nitrogen and oxygen atoms in total. The van der Waals surface area contributed by atoms with E-state index >= 15 is 0 Å². The first-order valence-electron chi connectivity index (χ1n) is 9.21. The standard InChI is InChI=1S/C20H22N4O2S/c1-15-11-17-19(27-15)21-14-24(20(17)26)13-18(25)23-9-7-22(8-10-23)12-16-5-3-2-4-6-16/h2-6,11,14H,7-10,12-13H2,1H3/p+1. The summed E-state index contributed by atoms with van der Waals surface area (Å²) in [6, 6.07) is 12.3. The maximum Gasteiger partial charge on any atom is 0.262 e. The number of hydrogen-bond acceptors (Lipinski definition) is 4. The molecule has 140 valence electrons. The number of nitrogens with one attached hydrogen (secondary N) is 1. The van der Waals surface area contributed by atoms with Gasteiger partial charge in [0.15, 0.2) is 0 Å². The third-order valence-corrected chi connectivity index (χ3v) is 6.03. The Balaban J connectivity index is 1.37. The van der Waals surface area contributed by atoms with E-state index in [-0.39, 0.29) is 18.0 Å². The zero-order valence-electron chi connectivity index (χ0n) is 15.4. The van der Waals surface area contributed by atoms with Crippen molar-refractivity contribution < 1.29 is 9.69 Å². The van der Waals surface area contributed by atoms with Gasteiger partial charge in [-0.3, -0.25) is 14.2 Å². The molecule has 27 heavy (non-hydrogen) atoms. The molecule has 1 N–H and O–H groups in total. The Morgan fingerprint density at radius 3 is 2.70 bits per heavy atom. The molecule has 1 aliphatic heterocycles.